The fourth-order valence-corrected chi connectivity index (χ4v) is 1.58. The number of rotatable bonds is 2. The van der Waals surface area contributed by atoms with E-state index in [0.717, 1.165) is 11.1 Å². The van der Waals surface area contributed by atoms with E-state index in [1.165, 1.54) is 12.5 Å². The Hall–Kier alpha value is -2.30. The lowest BCUT2D eigenvalue weighted by atomic mass is 10.0. The average molecular weight is 231 g/mol. The second kappa shape index (κ2) is 4.29. The Balaban J connectivity index is 2.28. The Morgan fingerprint density at radius 2 is 2.12 bits per heavy atom. The monoisotopic (exact) mass is 231 g/mol. The standard InChI is InChI=1S/C12H13N3O2/c1-7-3-8(2)11(13)4-10(7)12(16)15-9-5-14-17-6-9/h3-6H,13H2,1-2H3,(H,15,16). The third-order valence-corrected chi connectivity index (χ3v) is 2.55. The molecule has 0 fully saturated rings. The number of nitrogens with zero attached hydrogens (tertiary/aromatic N) is 1. The van der Waals surface area contributed by atoms with Gasteiger partial charge in [0.05, 0.1) is 6.20 Å². The van der Waals surface area contributed by atoms with Crippen LogP contribution in [0.1, 0.15) is 21.5 Å². The van der Waals surface area contributed by atoms with Gasteiger partial charge in [0, 0.05) is 11.3 Å². The molecule has 88 valence electrons. The topological polar surface area (TPSA) is 81.2 Å². The van der Waals surface area contributed by atoms with Crippen molar-refractivity contribution in [2.24, 2.45) is 0 Å². The van der Waals surface area contributed by atoms with E-state index < -0.39 is 0 Å². The zero-order valence-electron chi connectivity index (χ0n) is 9.65. The molecular formula is C12H13N3O2. The van der Waals surface area contributed by atoms with Crippen LogP contribution in [0.5, 0.6) is 0 Å². The van der Waals surface area contributed by atoms with Gasteiger partial charge in [0.15, 0.2) is 0 Å². The van der Waals surface area contributed by atoms with Crippen LogP contribution in [-0.2, 0) is 0 Å². The van der Waals surface area contributed by atoms with Crippen LogP contribution in [-0.4, -0.2) is 11.1 Å². The number of nitrogens with one attached hydrogen (secondary N) is 1. The van der Waals surface area contributed by atoms with Crippen molar-refractivity contribution >= 4 is 17.3 Å². The highest BCUT2D eigenvalue weighted by Crippen LogP contribution is 2.19. The molecule has 5 nitrogen and oxygen atoms in total. The fourth-order valence-electron chi connectivity index (χ4n) is 1.58. The molecule has 1 aromatic carbocycles. The number of carbonyl (C=O) groups excluding carboxylic acids is 1. The van der Waals surface area contributed by atoms with Gasteiger partial charge in [-0.3, -0.25) is 4.79 Å². The molecule has 0 saturated heterocycles. The van der Waals surface area contributed by atoms with Gasteiger partial charge in [-0.05, 0) is 31.0 Å². The summed E-state index contributed by atoms with van der Waals surface area (Å²) in [6.07, 6.45) is 2.80. The minimum atomic E-state index is -0.225. The summed E-state index contributed by atoms with van der Waals surface area (Å²) in [5.41, 5.74) is 9.31. The predicted molar refractivity (Wildman–Crippen MR) is 64.8 cm³/mol. The Kier molecular flexibility index (Phi) is 2.82. The molecule has 1 amide bonds. The maximum Gasteiger partial charge on any atom is 0.256 e. The van der Waals surface area contributed by atoms with Gasteiger partial charge in [-0.25, -0.2) is 0 Å². The van der Waals surface area contributed by atoms with Crippen LogP contribution >= 0.6 is 0 Å². The van der Waals surface area contributed by atoms with Crippen molar-refractivity contribution in [2.45, 2.75) is 13.8 Å². The molecule has 0 bridgehead atoms. The van der Waals surface area contributed by atoms with E-state index in [9.17, 15) is 4.79 Å². The molecule has 0 spiro atoms. The molecular weight excluding hydrogens is 218 g/mol. The molecule has 2 aromatic rings. The number of hydrogen-bond acceptors (Lipinski definition) is 4. The molecule has 1 heterocycles. The van der Waals surface area contributed by atoms with Gasteiger partial charge in [-0.2, -0.15) is 0 Å². The number of aromatic nitrogens is 1. The Morgan fingerprint density at radius 3 is 2.76 bits per heavy atom. The van der Waals surface area contributed by atoms with Gasteiger partial charge in [-0.15, -0.1) is 0 Å². The fraction of sp³-hybridized carbons (Fsp3) is 0.167. The minimum absolute atomic E-state index is 0.225. The van der Waals surface area contributed by atoms with E-state index in [2.05, 4.69) is 15.0 Å². The zero-order chi connectivity index (χ0) is 12.4. The van der Waals surface area contributed by atoms with E-state index in [-0.39, 0.29) is 5.91 Å². The van der Waals surface area contributed by atoms with Gasteiger partial charge < -0.3 is 15.6 Å². The molecule has 0 unspecified atom stereocenters. The lowest BCUT2D eigenvalue weighted by molar-refractivity contribution is 0.102. The first-order valence-corrected chi connectivity index (χ1v) is 5.15. The molecule has 5 heteroatoms. The van der Waals surface area contributed by atoms with Crippen LogP contribution in [0.2, 0.25) is 0 Å². The first-order valence-electron chi connectivity index (χ1n) is 5.15. The third-order valence-electron chi connectivity index (χ3n) is 2.55. The van der Waals surface area contributed by atoms with Gasteiger partial charge in [-0.1, -0.05) is 11.2 Å². The first kappa shape index (κ1) is 11.2. The van der Waals surface area contributed by atoms with Crippen LogP contribution in [0, 0.1) is 13.8 Å². The molecule has 1 aromatic heterocycles. The van der Waals surface area contributed by atoms with Gasteiger partial charge in [0.1, 0.15) is 12.0 Å². The van der Waals surface area contributed by atoms with Crippen LogP contribution < -0.4 is 11.1 Å². The Labute approximate surface area is 98.6 Å². The number of nitrogens with two attached hydrogens (primary N) is 1. The SMILES string of the molecule is Cc1cc(C)c(C(=O)Nc2cnoc2)cc1N. The number of aryl methyl sites for hydroxylation is 2. The molecule has 0 radical (unpaired) electrons. The van der Waals surface area contributed by atoms with Crippen LogP contribution in [0.25, 0.3) is 0 Å². The molecule has 17 heavy (non-hydrogen) atoms. The summed E-state index contributed by atoms with van der Waals surface area (Å²) in [6.45, 7) is 3.78. The van der Waals surface area contributed by atoms with Gasteiger partial charge >= 0.3 is 0 Å². The molecule has 2 rings (SSSR count). The smallest absolute Gasteiger partial charge is 0.256 e. The van der Waals surface area contributed by atoms with E-state index >= 15 is 0 Å². The summed E-state index contributed by atoms with van der Waals surface area (Å²) in [7, 11) is 0. The Morgan fingerprint density at radius 1 is 1.35 bits per heavy atom. The van der Waals surface area contributed by atoms with Crippen LogP contribution in [0.3, 0.4) is 0 Å². The Bertz CT molecular complexity index is 547. The van der Waals surface area contributed by atoms with Crippen LogP contribution in [0.15, 0.2) is 29.1 Å². The van der Waals surface area contributed by atoms with Crippen molar-refractivity contribution in [3.05, 3.63) is 41.3 Å². The van der Waals surface area contributed by atoms with Gasteiger partial charge in [0.25, 0.3) is 5.91 Å². The summed E-state index contributed by atoms with van der Waals surface area (Å²) >= 11 is 0. The van der Waals surface area contributed by atoms with Crippen molar-refractivity contribution in [2.75, 3.05) is 11.1 Å². The van der Waals surface area contributed by atoms with E-state index in [0.29, 0.717) is 16.9 Å². The molecule has 3 N–H and O–H groups in total. The predicted octanol–water partition coefficient (Wildman–Crippen LogP) is 2.13. The van der Waals surface area contributed by atoms with Crippen molar-refractivity contribution in [1.29, 1.82) is 0 Å². The lowest BCUT2D eigenvalue weighted by Gasteiger charge is -2.08. The van der Waals surface area contributed by atoms with Gasteiger partial charge in [0.2, 0.25) is 0 Å². The second-order valence-corrected chi connectivity index (χ2v) is 3.89. The zero-order valence-corrected chi connectivity index (χ0v) is 9.65. The van der Waals surface area contributed by atoms with Crippen molar-refractivity contribution in [1.82, 2.24) is 5.16 Å². The second-order valence-electron chi connectivity index (χ2n) is 3.89. The lowest BCUT2D eigenvalue weighted by Crippen LogP contribution is -2.13. The highest BCUT2D eigenvalue weighted by molar-refractivity contribution is 6.05. The summed E-state index contributed by atoms with van der Waals surface area (Å²) in [5.74, 6) is -0.225. The molecule has 0 aliphatic heterocycles. The summed E-state index contributed by atoms with van der Waals surface area (Å²) in [5, 5.41) is 6.18. The normalized spacial score (nSPS) is 10.2. The minimum Gasteiger partial charge on any atom is -0.398 e. The number of amides is 1. The number of anilines is 2. The molecule has 0 aliphatic rings. The average Bonchev–Trinajstić information content (AvgIpc) is 2.76. The van der Waals surface area contributed by atoms with Crippen molar-refractivity contribution in [3.63, 3.8) is 0 Å². The highest BCUT2D eigenvalue weighted by Gasteiger charge is 2.11. The van der Waals surface area contributed by atoms with E-state index in [1.807, 2.05) is 19.9 Å². The number of hydrogen-bond donors (Lipinski definition) is 2. The number of benzene rings is 1. The number of carbonyl (C=O) groups is 1. The van der Waals surface area contributed by atoms with E-state index in [4.69, 9.17) is 5.73 Å². The van der Waals surface area contributed by atoms with Crippen molar-refractivity contribution in [3.8, 4) is 0 Å². The maximum atomic E-state index is 12.0. The summed E-state index contributed by atoms with van der Waals surface area (Å²) in [4.78, 5) is 12.0. The first-order chi connectivity index (χ1) is 8.08. The third kappa shape index (κ3) is 2.28. The molecule has 0 atom stereocenters. The highest BCUT2D eigenvalue weighted by atomic mass is 16.5. The van der Waals surface area contributed by atoms with E-state index in [1.54, 1.807) is 6.07 Å². The molecule has 0 aliphatic carbocycles. The maximum absolute atomic E-state index is 12.0. The quantitative estimate of drug-likeness (QED) is 0.776. The molecule has 0 saturated carbocycles. The number of nitrogen functional groups attached to an aromatic ring is 1. The summed E-state index contributed by atoms with van der Waals surface area (Å²) in [6, 6.07) is 3.56. The van der Waals surface area contributed by atoms with Crippen LogP contribution in [0.4, 0.5) is 11.4 Å². The largest absolute Gasteiger partial charge is 0.398 e. The van der Waals surface area contributed by atoms with Crippen molar-refractivity contribution < 1.29 is 9.32 Å². The summed E-state index contributed by atoms with van der Waals surface area (Å²) < 4.78 is 4.63.